The van der Waals surface area contributed by atoms with Gasteiger partial charge >= 0.3 is 0 Å². The smallest absolute Gasteiger partial charge is 0.242 e. The SMILES string of the molecule is CCOc1ccc(NC(=O)C(C)S(=O)(=O)Cc2csc(-c3ccc(CC)cc3)n2)cc1. The van der Waals surface area contributed by atoms with Crippen molar-refractivity contribution in [1.82, 2.24) is 4.98 Å². The number of rotatable bonds is 9. The molecule has 0 aliphatic heterocycles. The van der Waals surface area contributed by atoms with Gasteiger partial charge in [-0.25, -0.2) is 13.4 Å². The molecule has 1 amide bonds. The quantitative estimate of drug-likeness (QED) is 0.502. The van der Waals surface area contributed by atoms with Gasteiger partial charge in [0.05, 0.1) is 18.1 Å². The molecule has 31 heavy (non-hydrogen) atoms. The van der Waals surface area contributed by atoms with Crippen LogP contribution in [0.1, 0.15) is 32.0 Å². The first-order valence-electron chi connectivity index (χ1n) is 10.1. The fourth-order valence-electron chi connectivity index (χ4n) is 2.93. The van der Waals surface area contributed by atoms with Crippen LogP contribution in [0.5, 0.6) is 5.75 Å². The van der Waals surface area contributed by atoms with Crippen LogP contribution in [0.15, 0.2) is 53.9 Å². The molecule has 8 heteroatoms. The van der Waals surface area contributed by atoms with E-state index < -0.39 is 21.0 Å². The molecular weight excluding hydrogens is 432 g/mol. The van der Waals surface area contributed by atoms with Crippen LogP contribution >= 0.6 is 11.3 Å². The van der Waals surface area contributed by atoms with E-state index in [0.717, 1.165) is 17.0 Å². The number of benzene rings is 2. The first kappa shape index (κ1) is 23.0. The Kier molecular flexibility index (Phi) is 7.46. The summed E-state index contributed by atoms with van der Waals surface area (Å²) < 4.78 is 30.9. The minimum Gasteiger partial charge on any atom is -0.494 e. The third-order valence-corrected chi connectivity index (χ3v) is 7.78. The molecule has 0 radical (unpaired) electrons. The minimum absolute atomic E-state index is 0.283. The van der Waals surface area contributed by atoms with Gasteiger partial charge in [-0.1, -0.05) is 31.2 Å². The lowest BCUT2D eigenvalue weighted by Gasteiger charge is -2.13. The summed E-state index contributed by atoms with van der Waals surface area (Å²) in [4.78, 5) is 17.0. The van der Waals surface area contributed by atoms with Crippen molar-refractivity contribution >= 4 is 32.8 Å². The van der Waals surface area contributed by atoms with Crippen LogP contribution in [-0.2, 0) is 26.8 Å². The third kappa shape index (κ3) is 5.92. The number of sulfone groups is 1. The maximum absolute atomic E-state index is 12.8. The van der Waals surface area contributed by atoms with Crippen LogP contribution in [0.25, 0.3) is 10.6 Å². The molecule has 3 aromatic rings. The number of ether oxygens (including phenoxy) is 1. The Morgan fingerprint density at radius 1 is 1.10 bits per heavy atom. The van der Waals surface area contributed by atoms with Crippen LogP contribution in [0.2, 0.25) is 0 Å². The number of anilines is 1. The van der Waals surface area contributed by atoms with Gasteiger partial charge in [0.15, 0.2) is 9.84 Å². The van der Waals surface area contributed by atoms with Crippen LogP contribution in [-0.4, -0.2) is 31.2 Å². The summed E-state index contributed by atoms with van der Waals surface area (Å²) in [5, 5.41) is 3.95. The number of aryl methyl sites for hydroxylation is 1. The number of nitrogens with zero attached hydrogens (tertiary/aromatic N) is 1. The average molecular weight is 459 g/mol. The van der Waals surface area contributed by atoms with Crippen LogP contribution in [0.3, 0.4) is 0 Å². The Labute approximate surface area is 187 Å². The number of carbonyl (C=O) groups excluding carboxylic acids is 1. The van der Waals surface area contributed by atoms with Gasteiger partial charge in [0.2, 0.25) is 5.91 Å². The maximum Gasteiger partial charge on any atom is 0.242 e. The van der Waals surface area contributed by atoms with Crippen molar-refractivity contribution < 1.29 is 17.9 Å². The normalized spacial score (nSPS) is 12.4. The number of hydrogen-bond donors (Lipinski definition) is 1. The molecule has 0 aliphatic rings. The van der Waals surface area contributed by atoms with E-state index >= 15 is 0 Å². The topological polar surface area (TPSA) is 85.4 Å². The van der Waals surface area contributed by atoms with Gasteiger partial charge in [0, 0.05) is 16.6 Å². The highest BCUT2D eigenvalue weighted by atomic mass is 32.2. The Morgan fingerprint density at radius 2 is 1.77 bits per heavy atom. The van der Waals surface area contributed by atoms with E-state index in [1.807, 2.05) is 31.2 Å². The molecule has 1 atom stereocenters. The van der Waals surface area contributed by atoms with Gasteiger partial charge in [0.1, 0.15) is 16.0 Å². The fraction of sp³-hybridized carbons (Fsp3) is 0.304. The second-order valence-electron chi connectivity index (χ2n) is 7.09. The van der Waals surface area contributed by atoms with E-state index in [4.69, 9.17) is 4.74 Å². The molecule has 6 nitrogen and oxygen atoms in total. The molecule has 3 rings (SSSR count). The second-order valence-corrected chi connectivity index (χ2v) is 10.3. The third-order valence-electron chi connectivity index (χ3n) is 4.85. The molecule has 1 aromatic heterocycles. The Hall–Kier alpha value is -2.71. The van der Waals surface area contributed by atoms with Gasteiger partial charge in [-0.15, -0.1) is 11.3 Å². The summed E-state index contributed by atoms with van der Waals surface area (Å²) in [5.74, 6) is -0.173. The van der Waals surface area contributed by atoms with Gasteiger partial charge < -0.3 is 10.1 Å². The molecule has 0 saturated heterocycles. The summed E-state index contributed by atoms with van der Waals surface area (Å²) in [5.41, 5.74) is 3.14. The molecule has 0 bridgehead atoms. The summed E-state index contributed by atoms with van der Waals surface area (Å²) in [6.45, 7) is 5.92. The second kappa shape index (κ2) is 10.1. The van der Waals surface area contributed by atoms with Crippen molar-refractivity contribution in [3.63, 3.8) is 0 Å². The molecule has 1 heterocycles. The monoisotopic (exact) mass is 458 g/mol. The molecule has 0 aliphatic carbocycles. The lowest BCUT2D eigenvalue weighted by atomic mass is 10.1. The van der Waals surface area contributed by atoms with Gasteiger partial charge in [-0.3, -0.25) is 4.79 Å². The zero-order chi connectivity index (χ0) is 22.4. The summed E-state index contributed by atoms with van der Waals surface area (Å²) in [6, 6.07) is 14.9. The highest BCUT2D eigenvalue weighted by molar-refractivity contribution is 7.92. The molecule has 0 fully saturated rings. The molecule has 0 spiro atoms. The van der Waals surface area contributed by atoms with E-state index in [9.17, 15) is 13.2 Å². The highest BCUT2D eigenvalue weighted by Crippen LogP contribution is 2.26. The lowest BCUT2D eigenvalue weighted by molar-refractivity contribution is -0.115. The first-order valence-corrected chi connectivity index (χ1v) is 12.7. The Balaban J connectivity index is 1.65. The Bertz CT molecular complexity index is 1120. The maximum atomic E-state index is 12.8. The summed E-state index contributed by atoms with van der Waals surface area (Å²) in [7, 11) is -3.72. The first-order chi connectivity index (χ1) is 14.8. The van der Waals surface area contributed by atoms with Crippen molar-refractivity contribution in [2.24, 2.45) is 0 Å². The molecular formula is C23H26N2O4S2. The highest BCUT2D eigenvalue weighted by Gasteiger charge is 2.29. The molecule has 1 unspecified atom stereocenters. The zero-order valence-electron chi connectivity index (χ0n) is 17.8. The van der Waals surface area contributed by atoms with Crippen LogP contribution in [0, 0.1) is 0 Å². The predicted octanol–water partition coefficient (Wildman–Crippen LogP) is 4.71. The van der Waals surface area contributed by atoms with Crippen LogP contribution < -0.4 is 10.1 Å². The van der Waals surface area contributed by atoms with Crippen molar-refractivity contribution in [2.75, 3.05) is 11.9 Å². The number of carbonyl (C=O) groups is 1. The van der Waals surface area contributed by atoms with Crippen molar-refractivity contribution in [1.29, 1.82) is 0 Å². The van der Waals surface area contributed by atoms with Crippen molar-refractivity contribution in [3.05, 3.63) is 65.2 Å². The molecule has 1 N–H and O–H groups in total. The van der Waals surface area contributed by atoms with E-state index in [-0.39, 0.29) is 5.75 Å². The zero-order valence-corrected chi connectivity index (χ0v) is 19.4. The number of thiazole rings is 1. The standard InChI is InChI=1S/C23H26N2O4S2/c1-4-17-6-8-18(9-7-17)23-25-20(14-30-23)15-31(27,28)16(3)22(26)24-19-10-12-21(13-11-19)29-5-2/h6-14,16H,4-5,15H2,1-3H3,(H,24,26). The minimum atomic E-state index is -3.72. The number of amides is 1. The summed E-state index contributed by atoms with van der Waals surface area (Å²) in [6.07, 6.45) is 0.957. The van der Waals surface area contributed by atoms with E-state index in [1.165, 1.54) is 23.8 Å². The van der Waals surface area contributed by atoms with Gasteiger partial charge in [0.25, 0.3) is 0 Å². The molecule has 2 aromatic carbocycles. The Morgan fingerprint density at radius 3 is 2.39 bits per heavy atom. The summed E-state index contributed by atoms with van der Waals surface area (Å²) >= 11 is 1.40. The fourth-order valence-corrected chi connectivity index (χ4v) is 5.05. The number of nitrogens with one attached hydrogen (secondary N) is 1. The van der Waals surface area contributed by atoms with Crippen molar-refractivity contribution in [2.45, 2.75) is 38.2 Å². The van der Waals surface area contributed by atoms with Gasteiger partial charge in [-0.05, 0) is 50.1 Å². The lowest BCUT2D eigenvalue weighted by Crippen LogP contribution is -2.33. The van der Waals surface area contributed by atoms with Crippen molar-refractivity contribution in [3.8, 4) is 16.3 Å². The van der Waals surface area contributed by atoms with E-state index in [0.29, 0.717) is 23.7 Å². The predicted molar refractivity (Wildman–Crippen MR) is 125 cm³/mol. The largest absolute Gasteiger partial charge is 0.494 e. The average Bonchev–Trinajstić information content (AvgIpc) is 3.22. The number of aromatic nitrogens is 1. The molecule has 164 valence electrons. The van der Waals surface area contributed by atoms with Crippen LogP contribution in [0.4, 0.5) is 5.69 Å². The van der Waals surface area contributed by atoms with E-state index in [1.54, 1.807) is 29.6 Å². The molecule has 0 saturated carbocycles. The number of hydrogen-bond acceptors (Lipinski definition) is 6. The van der Waals surface area contributed by atoms with Gasteiger partial charge in [-0.2, -0.15) is 0 Å². The van der Waals surface area contributed by atoms with E-state index in [2.05, 4.69) is 17.2 Å².